The van der Waals surface area contributed by atoms with E-state index in [1.54, 1.807) is 18.2 Å². The Morgan fingerprint density at radius 3 is 3.00 bits per heavy atom. The molecule has 0 radical (unpaired) electrons. The molecular formula is C10H6BrN3O. The minimum atomic E-state index is -0.227. The maximum Gasteiger partial charge on any atom is 0.271 e. The summed E-state index contributed by atoms with van der Waals surface area (Å²) < 4.78 is 0. The molecule has 4 nitrogen and oxygen atoms in total. The molecule has 5 heteroatoms. The highest BCUT2D eigenvalue weighted by molar-refractivity contribution is 9.08. The molecule has 0 saturated heterocycles. The second-order valence-corrected chi connectivity index (χ2v) is 3.52. The van der Waals surface area contributed by atoms with Crippen LogP contribution in [0.4, 0.5) is 0 Å². The molecule has 0 fully saturated rings. The van der Waals surface area contributed by atoms with Crippen molar-refractivity contribution in [3.8, 4) is 6.07 Å². The van der Waals surface area contributed by atoms with E-state index >= 15 is 0 Å². The number of fused-ring (bicyclic) bond motifs is 1. The predicted octanol–water partition coefficient (Wildman–Crippen LogP) is 1.69. The Kier molecular flexibility index (Phi) is 2.52. The molecule has 0 unspecified atom stereocenters. The number of benzene rings is 1. The van der Waals surface area contributed by atoms with Crippen LogP contribution in [-0.4, -0.2) is 9.97 Å². The fraction of sp³-hybridized carbons (Fsp3) is 0.100. The minimum Gasteiger partial charge on any atom is -0.319 e. The molecule has 1 aromatic carbocycles. The molecule has 0 aliphatic rings. The second kappa shape index (κ2) is 3.83. The first-order valence-electron chi connectivity index (χ1n) is 4.24. The van der Waals surface area contributed by atoms with Crippen LogP contribution in [0.25, 0.3) is 11.0 Å². The van der Waals surface area contributed by atoms with Gasteiger partial charge in [0.2, 0.25) is 0 Å². The molecule has 1 heterocycles. The van der Waals surface area contributed by atoms with Crippen LogP contribution >= 0.6 is 15.9 Å². The lowest BCUT2D eigenvalue weighted by molar-refractivity contribution is 1.11. The van der Waals surface area contributed by atoms with E-state index < -0.39 is 0 Å². The average molecular weight is 264 g/mol. The molecule has 0 atom stereocenters. The lowest BCUT2D eigenvalue weighted by Crippen LogP contribution is -2.13. The molecule has 0 spiro atoms. The van der Waals surface area contributed by atoms with Gasteiger partial charge in [0.25, 0.3) is 5.56 Å². The molecule has 0 saturated carbocycles. The largest absolute Gasteiger partial charge is 0.319 e. The third-order valence-corrected chi connectivity index (χ3v) is 2.57. The molecular weight excluding hydrogens is 258 g/mol. The Hall–Kier alpha value is -1.67. The zero-order valence-corrected chi connectivity index (χ0v) is 9.21. The van der Waals surface area contributed by atoms with Crippen LogP contribution in [0, 0.1) is 11.3 Å². The number of rotatable bonds is 1. The van der Waals surface area contributed by atoms with Crippen LogP contribution < -0.4 is 5.56 Å². The highest BCUT2D eigenvalue weighted by Crippen LogP contribution is 2.13. The van der Waals surface area contributed by atoms with E-state index in [9.17, 15) is 4.79 Å². The van der Waals surface area contributed by atoms with Crippen molar-refractivity contribution in [2.45, 2.75) is 5.33 Å². The Morgan fingerprint density at radius 2 is 2.33 bits per heavy atom. The van der Waals surface area contributed by atoms with Gasteiger partial charge in [0.15, 0.2) is 0 Å². The van der Waals surface area contributed by atoms with Crippen molar-refractivity contribution in [2.24, 2.45) is 0 Å². The van der Waals surface area contributed by atoms with Crippen molar-refractivity contribution >= 4 is 27.0 Å². The van der Waals surface area contributed by atoms with Crippen LogP contribution in [-0.2, 0) is 5.33 Å². The maximum atomic E-state index is 11.4. The normalized spacial score (nSPS) is 10.1. The molecule has 1 N–H and O–H groups in total. The number of nitrogens with one attached hydrogen (secondary N) is 1. The minimum absolute atomic E-state index is 0.227. The Morgan fingerprint density at radius 1 is 1.53 bits per heavy atom. The summed E-state index contributed by atoms with van der Waals surface area (Å²) in [7, 11) is 0. The zero-order valence-electron chi connectivity index (χ0n) is 7.62. The second-order valence-electron chi connectivity index (χ2n) is 2.96. The number of hydrogen-bond donors (Lipinski definition) is 1. The molecule has 0 aliphatic carbocycles. The summed E-state index contributed by atoms with van der Waals surface area (Å²) >= 11 is 3.18. The zero-order chi connectivity index (χ0) is 10.8. The van der Waals surface area contributed by atoms with Crippen molar-refractivity contribution in [1.29, 1.82) is 5.26 Å². The molecule has 74 valence electrons. The van der Waals surface area contributed by atoms with Gasteiger partial charge in [0, 0.05) is 0 Å². The molecule has 2 rings (SSSR count). The molecule has 0 bridgehead atoms. The van der Waals surface area contributed by atoms with Crippen LogP contribution in [0.2, 0.25) is 0 Å². The quantitative estimate of drug-likeness (QED) is 0.797. The molecule has 0 aliphatic heterocycles. The summed E-state index contributed by atoms with van der Waals surface area (Å²) in [6.07, 6.45) is 0. The van der Waals surface area contributed by atoms with E-state index in [1.807, 2.05) is 6.07 Å². The van der Waals surface area contributed by atoms with E-state index in [4.69, 9.17) is 5.26 Å². The van der Waals surface area contributed by atoms with E-state index in [2.05, 4.69) is 25.9 Å². The number of nitrogens with zero attached hydrogens (tertiary/aromatic N) is 2. The number of aromatic amines is 1. The number of H-pyrrole nitrogens is 1. The lowest BCUT2D eigenvalue weighted by atomic mass is 10.2. The molecule has 0 amide bonds. The maximum absolute atomic E-state index is 11.4. The van der Waals surface area contributed by atoms with Gasteiger partial charge in [-0.3, -0.25) is 4.79 Å². The van der Waals surface area contributed by atoms with E-state index in [0.29, 0.717) is 27.6 Å². The SMILES string of the molecule is N#Cc1cccc2[nH]c(=O)c(CBr)nc12. The molecule has 2 aromatic rings. The van der Waals surface area contributed by atoms with Gasteiger partial charge in [-0.1, -0.05) is 22.0 Å². The smallest absolute Gasteiger partial charge is 0.271 e. The Bertz CT molecular complexity index is 612. The standard InChI is InChI=1S/C10H6BrN3O/c11-4-8-10(15)14-7-3-1-2-6(5-12)9(7)13-8/h1-3H,4H2,(H,14,15). The Labute approximate surface area is 93.7 Å². The summed E-state index contributed by atoms with van der Waals surface area (Å²) in [5, 5.41) is 9.25. The van der Waals surface area contributed by atoms with Crippen molar-refractivity contribution in [1.82, 2.24) is 9.97 Å². The summed E-state index contributed by atoms with van der Waals surface area (Å²) in [4.78, 5) is 18.3. The Balaban J connectivity index is 2.89. The molecule has 15 heavy (non-hydrogen) atoms. The third-order valence-electron chi connectivity index (χ3n) is 2.04. The average Bonchev–Trinajstić information content (AvgIpc) is 2.27. The van der Waals surface area contributed by atoms with Gasteiger partial charge in [-0.2, -0.15) is 5.26 Å². The van der Waals surface area contributed by atoms with Crippen molar-refractivity contribution < 1.29 is 0 Å². The number of nitriles is 1. The van der Waals surface area contributed by atoms with Crippen LogP contribution in [0.3, 0.4) is 0 Å². The number of halogens is 1. The first-order chi connectivity index (χ1) is 7.26. The highest BCUT2D eigenvalue weighted by atomic mass is 79.9. The third kappa shape index (κ3) is 1.64. The van der Waals surface area contributed by atoms with Gasteiger partial charge < -0.3 is 4.98 Å². The summed E-state index contributed by atoms with van der Waals surface area (Å²) in [6, 6.07) is 7.15. The van der Waals surface area contributed by atoms with E-state index in [0.717, 1.165) is 0 Å². The van der Waals surface area contributed by atoms with Crippen molar-refractivity contribution in [2.75, 3.05) is 0 Å². The monoisotopic (exact) mass is 263 g/mol. The van der Waals surface area contributed by atoms with Crippen LogP contribution in [0.5, 0.6) is 0 Å². The first-order valence-corrected chi connectivity index (χ1v) is 5.36. The van der Waals surface area contributed by atoms with Crippen LogP contribution in [0.15, 0.2) is 23.0 Å². The number of aromatic nitrogens is 2. The summed E-state index contributed by atoms with van der Waals surface area (Å²) in [5.41, 5.74) is 1.74. The fourth-order valence-corrected chi connectivity index (χ4v) is 1.71. The first kappa shape index (κ1) is 9.87. The predicted molar refractivity (Wildman–Crippen MR) is 59.7 cm³/mol. The van der Waals surface area contributed by atoms with Crippen molar-refractivity contribution in [3.63, 3.8) is 0 Å². The topological polar surface area (TPSA) is 69.5 Å². The summed E-state index contributed by atoms with van der Waals surface area (Å²) in [5.74, 6) is 0. The van der Waals surface area contributed by atoms with Gasteiger partial charge in [0.1, 0.15) is 17.3 Å². The van der Waals surface area contributed by atoms with Gasteiger partial charge in [0.05, 0.1) is 16.4 Å². The van der Waals surface area contributed by atoms with E-state index in [-0.39, 0.29) is 5.56 Å². The van der Waals surface area contributed by atoms with Crippen LogP contribution in [0.1, 0.15) is 11.3 Å². The number of hydrogen-bond acceptors (Lipinski definition) is 3. The van der Waals surface area contributed by atoms with Gasteiger partial charge in [-0.05, 0) is 12.1 Å². The number of para-hydroxylation sites is 1. The lowest BCUT2D eigenvalue weighted by Gasteiger charge is -2.00. The van der Waals surface area contributed by atoms with Gasteiger partial charge in [-0.25, -0.2) is 4.98 Å². The highest BCUT2D eigenvalue weighted by Gasteiger charge is 2.06. The molecule has 1 aromatic heterocycles. The number of alkyl halides is 1. The van der Waals surface area contributed by atoms with Gasteiger partial charge >= 0.3 is 0 Å². The summed E-state index contributed by atoms with van der Waals surface area (Å²) in [6.45, 7) is 0. The van der Waals surface area contributed by atoms with Crippen molar-refractivity contribution in [3.05, 3.63) is 39.8 Å². The van der Waals surface area contributed by atoms with Gasteiger partial charge in [-0.15, -0.1) is 0 Å². The fourth-order valence-electron chi connectivity index (χ4n) is 1.33. The van der Waals surface area contributed by atoms with E-state index in [1.165, 1.54) is 0 Å².